The summed E-state index contributed by atoms with van der Waals surface area (Å²) in [5.74, 6) is -0.926. The minimum atomic E-state index is -0.957. The van der Waals surface area contributed by atoms with Crippen molar-refractivity contribution in [1.29, 1.82) is 0 Å². The van der Waals surface area contributed by atoms with E-state index in [1.54, 1.807) is 12.3 Å². The molecule has 0 amide bonds. The van der Waals surface area contributed by atoms with Crippen LogP contribution in [-0.4, -0.2) is 21.0 Å². The van der Waals surface area contributed by atoms with Crippen LogP contribution in [0.5, 0.6) is 0 Å². The molecule has 3 rings (SSSR count). The van der Waals surface area contributed by atoms with Crippen molar-refractivity contribution < 1.29 is 9.90 Å². The monoisotopic (exact) mass is 312 g/mol. The molecule has 4 nitrogen and oxygen atoms in total. The molecule has 0 aliphatic carbocycles. The summed E-state index contributed by atoms with van der Waals surface area (Å²) >= 11 is 5.86. The maximum absolute atomic E-state index is 11.3. The van der Waals surface area contributed by atoms with Gasteiger partial charge in [-0.1, -0.05) is 24.6 Å². The Hall–Kier alpha value is -2.46. The molecule has 2 heterocycles. The zero-order valence-electron chi connectivity index (χ0n) is 11.8. The van der Waals surface area contributed by atoms with Crippen LogP contribution in [0.1, 0.15) is 34.5 Å². The van der Waals surface area contributed by atoms with E-state index in [0.717, 1.165) is 11.3 Å². The third kappa shape index (κ3) is 2.65. The molecule has 3 aromatic rings. The average Bonchev–Trinajstić information content (AvgIpc) is 2.53. The number of carboxylic acid groups (broad SMARTS) is 1. The minimum absolute atomic E-state index is 0.0310. The van der Waals surface area contributed by atoms with Gasteiger partial charge in [0, 0.05) is 29.4 Å². The van der Waals surface area contributed by atoms with Crippen molar-refractivity contribution in [3.05, 3.63) is 70.6 Å². The van der Waals surface area contributed by atoms with E-state index in [1.807, 2.05) is 31.2 Å². The quantitative estimate of drug-likeness (QED) is 0.789. The molecular formula is C17H13ClN2O2. The molecule has 2 aromatic heterocycles. The number of halogens is 1. The smallest absolute Gasteiger partial charge is 0.336 e. The Bertz CT molecular complexity index is 847. The molecule has 110 valence electrons. The molecule has 1 aromatic carbocycles. The van der Waals surface area contributed by atoms with Crippen LogP contribution in [-0.2, 0) is 0 Å². The number of nitrogens with zero attached hydrogens (tertiary/aromatic N) is 2. The van der Waals surface area contributed by atoms with Crippen molar-refractivity contribution in [2.75, 3.05) is 0 Å². The Labute approximate surface area is 132 Å². The molecule has 0 radical (unpaired) electrons. The number of aromatic carboxylic acids is 1. The maximum Gasteiger partial charge on any atom is 0.336 e. The molecule has 1 N–H and O–H groups in total. The Balaban J connectivity index is 2.09. The summed E-state index contributed by atoms with van der Waals surface area (Å²) in [5.41, 5.74) is 2.78. The predicted molar refractivity (Wildman–Crippen MR) is 85.5 cm³/mol. The second-order valence-corrected chi connectivity index (χ2v) is 5.50. The molecule has 0 bridgehead atoms. The normalized spacial score (nSPS) is 12.3. The van der Waals surface area contributed by atoms with Crippen LogP contribution in [0.25, 0.3) is 10.9 Å². The number of aromatic nitrogens is 2. The SMILES string of the molecule is C[C@@H](c1ccc2nccc(C(=O)O)c2c1)c1ccc(Cl)cn1. The third-order valence-electron chi connectivity index (χ3n) is 3.69. The van der Waals surface area contributed by atoms with E-state index >= 15 is 0 Å². The van der Waals surface area contributed by atoms with E-state index in [9.17, 15) is 9.90 Å². The number of hydrogen-bond donors (Lipinski definition) is 1. The predicted octanol–water partition coefficient (Wildman–Crippen LogP) is 4.13. The van der Waals surface area contributed by atoms with Crippen molar-refractivity contribution in [3.8, 4) is 0 Å². The fourth-order valence-corrected chi connectivity index (χ4v) is 2.55. The Morgan fingerprint density at radius 2 is 2.00 bits per heavy atom. The molecule has 0 aliphatic rings. The van der Waals surface area contributed by atoms with Gasteiger partial charge in [0.2, 0.25) is 0 Å². The first kappa shape index (κ1) is 14.5. The second-order valence-electron chi connectivity index (χ2n) is 5.06. The minimum Gasteiger partial charge on any atom is -0.478 e. The van der Waals surface area contributed by atoms with Crippen LogP contribution in [0.3, 0.4) is 0 Å². The van der Waals surface area contributed by atoms with Crippen LogP contribution >= 0.6 is 11.6 Å². The lowest BCUT2D eigenvalue weighted by molar-refractivity contribution is 0.0699. The van der Waals surface area contributed by atoms with Crippen molar-refractivity contribution >= 4 is 28.5 Å². The first-order chi connectivity index (χ1) is 10.6. The van der Waals surface area contributed by atoms with Gasteiger partial charge in [0.1, 0.15) is 0 Å². The number of carbonyl (C=O) groups is 1. The summed E-state index contributed by atoms with van der Waals surface area (Å²) in [7, 11) is 0. The van der Waals surface area contributed by atoms with Gasteiger partial charge in [-0.3, -0.25) is 9.97 Å². The lowest BCUT2D eigenvalue weighted by atomic mass is 9.94. The number of fused-ring (bicyclic) bond motifs is 1. The van der Waals surface area contributed by atoms with E-state index in [0.29, 0.717) is 15.9 Å². The Morgan fingerprint density at radius 1 is 1.18 bits per heavy atom. The highest BCUT2D eigenvalue weighted by Gasteiger charge is 2.14. The lowest BCUT2D eigenvalue weighted by Gasteiger charge is -2.13. The van der Waals surface area contributed by atoms with Gasteiger partial charge in [-0.2, -0.15) is 0 Å². The van der Waals surface area contributed by atoms with Gasteiger partial charge in [0.05, 0.1) is 16.1 Å². The van der Waals surface area contributed by atoms with Crippen LogP contribution in [0.2, 0.25) is 5.02 Å². The fraction of sp³-hybridized carbons (Fsp3) is 0.118. The zero-order chi connectivity index (χ0) is 15.7. The largest absolute Gasteiger partial charge is 0.478 e. The summed E-state index contributed by atoms with van der Waals surface area (Å²) in [5, 5.41) is 10.5. The number of pyridine rings is 2. The molecule has 0 fully saturated rings. The van der Waals surface area contributed by atoms with E-state index < -0.39 is 5.97 Å². The number of rotatable bonds is 3. The van der Waals surface area contributed by atoms with Crippen LogP contribution in [0.4, 0.5) is 0 Å². The van der Waals surface area contributed by atoms with Gasteiger partial charge in [-0.05, 0) is 35.9 Å². The lowest BCUT2D eigenvalue weighted by Crippen LogP contribution is -2.02. The average molecular weight is 313 g/mol. The molecule has 5 heteroatoms. The summed E-state index contributed by atoms with van der Waals surface area (Å²) in [6.07, 6.45) is 3.12. The zero-order valence-corrected chi connectivity index (χ0v) is 12.6. The van der Waals surface area contributed by atoms with Crippen molar-refractivity contribution in [1.82, 2.24) is 9.97 Å². The van der Waals surface area contributed by atoms with E-state index in [4.69, 9.17) is 11.6 Å². The molecule has 0 unspecified atom stereocenters. The standard InChI is InChI=1S/C17H13ClN2O2/c1-10(15-5-3-12(18)9-20-15)11-2-4-16-14(8-11)13(17(21)22)6-7-19-16/h2-10H,1H3,(H,21,22)/t10-/m0/s1. The number of benzene rings is 1. The summed E-state index contributed by atoms with van der Waals surface area (Å²) in [6, 6.07) is 10.8. The van der Waals surface area contributed by atoms with Gasteiger partial charge in [-0.15, -0.1) is 0 Å². The summed E-state index contributed by atoms with van der Waals surface area (Å²) in [4.78, 5) is 19.9. The highest BCUT2D eigenvalue weighted by molar-refractivity contribution is 6.30. The van der Waals surface area contributed by atoms with Crippen LogP contribution in [0, 0.1) is 0 Å². The molecule has 0 saturated carbocycles. The van der Waals surface area contributed by atoms with Gasteiger partial charge >= 0.3 is 5.97 Å². The number of carboxylic acids is 1. The topological polar surface area (TPSA) is 63.1 Å². The van der Waals surface area contributed by atoms with Gasteiger partial charge in [-0.25, -0.2) is 4.79 Å². The summed E-state index contributed by atoms with van der Waals surface area (Å²) in [6.45, 7) is 2.02. The van der Waals surface area contributed by atoms with Gasteiger partial charge in [0.25, 0.3) is 0 Å². The molecule has 22 heavy (non-hydrogen) atoms. The first-order valence-corrected chi connectivity index (χ1v) is 7.17. The first-order valence-electron chi connectivity index (χ1n) is 6.79. The van der Waals surface area contributed by atoms with E-state index in [-0.39, 0.29) is 11.5 Å². The van der Waals surface area contributed by atoms with Gasteiger partial charge < -0.3 is 5.11 Å². The Morgan fingerprint density at radius 3 is 2.68 bits per heavy atom. The van der Waals surface area contributed by atoms with Crippen molar-refractivity contribution in [3.63, 3.8) is 0 Å². The molecule has 0 saturated heterocycles. The maximum atomic E-state index is 11.3. The highest BCUT2D eigenvalue weighted by atomic mass is 35.5. The molecule has 0 spiro atoms. The second kappa shape index (κ2) is 5.73. The van der Waals surface area contributed by atoms with Crippen LogP contribution < -0.4 is 0 Å². The van der Waals surface area contributed by atoms with E-state index in [1.165, 1.54) is 12.3 Å². The Kier molecular flexibility index (Phi) is 3.77. The van der Waals surface area contributed by atoms with Crippen molar-refractivity contribution in [2.45, 2.75) is 12.8 Å². The fourth-order valence-electron chi connectivity index (χ4n) is 2.43. The molecule has 1 atom stereocenters. The highest BCUT2D eigenvalue weighted by Crippen LogP contribution is 2.27. The summed E-state index contributed by atoms with van der Waals surface area (Å²) < 4.78 is 0. The molecular weight excluding hydrogens is 300 g/mol. The third-order valence-corrected chi connectivity index (χ3v) is 3.91. The molecule has 0 aliphatic heterocycles. The van der Waals surface area contributed by atoms with Crippen LogP contribution in [0.15, 0.2) is 48.8 Å². The van der Waals surface area contributed by atoms with Crippen molar-refractivity contribution in [2.24, 2.45) is 0 Å². The van der Waals surface area contributed by atoms with E-state index in [2.05, 4.69) is 9.97 Å². The van der Waals surface area contributed by atoms with Gasteiger partial charge in [0.15, 0.2) is 0 Å². The number of hydrogen-bond acceptors (Lipinski definition) is 3.